The highest BCUT2D eigenvalue weighted by atomic mass is 32.1. The number of benzene rings is 1. The van der Waals surface area contributed by atoms with Crippen LogP contribution in [0.25, 0.3) is 10.2 Å². The lowest BCUT2D eigenvalue weighted by atomic mass is 10.1. The molecule has 0 aliphatic carbocycles. The van der Waals surface area contributed by atoms with Crippen LogP contribution in [0, 0.1) is 0 Å². The van der Waals surface area contributed by atoms with Crippen LogP contribution >= 0.6 is 22.7 Å². The molecule has 4 aromatic rings. The second-order valence-electron chi connectivity index (χ2n) is 7.57. The number of aromatic nitrogens is 5. The van der Waals surface area contributed by atoms with Gasteiger partial charge in [-0.15, -0.1) is 16.4 Å². The Bertz CT molecular complexity index is 1050. The molecular weight excluding hydrogens is 414 g/mol. The van der Waals surface area contributed by atoms with E-state index in [1.54, 1.807) is 22.7 Å². The van der Waals surface area contributed by atoms with Gasteiger partial charge in [-0.2, -0.15) is 0 Å². The smallest absolute Gasteiger partial charge is 0.186 e. The number of rotatable bonds is 7. The van der Waals surface area contributed by atoms with Crippen molar-refractivity contribution in [3.63, 3.8) is 0 Å². The van der Waals surface area contributed by atoms with Crippen LogP contribution in [-0.4, -0.2) is 56.3 Å². The Morgan fingerprint density at radius 3 is 2.70 bits per heavy atom. The Hall–Kier alpha value is -2.36. The Kier molecular flexibility index (Phi) is 5.74. The van der Waals surface area contributed by atoms with Gasteiger partial charge in [-0.25, -0.2) is 9.67 Å². The highest BCUT2D eigenvalue weighted by molar-refractivity contribution is 7.22. The second kappa shape index (κ2) is 8.79. The summed E-state index contributed by atoms with van der Waals surface area (Å²) in [6, 6.07) is 12.9. The molecule has 1 atom stereocenters. The topological polar surface area (TPSA) is 63.0 Å². The van der Waals surface area contributed by atoms with Crippen LogP contribution in [0.3, 0.4) is 0 Å². The average molecular weight is 440 g/mol. The van der Waals surface area contributed by atoms with Crippen molar-refractivity contribution in [1.29, 1.82) is 0 Å². The molecule has 5 rings (SSSR count). The molecule has 0 radical (unpaired) electrons. The van der Waals surface area contributed by atoms with E-state index in [0.29, 0.717) is 0 Å². The maximum absolute atomic E-state index is 4.84. The van der Waals surface area contributed by atoms with Crippen molar-refractivity contribution in [3.8, 4) is 0 Å². The lowest BCUT2D eigenvalue weighted by Crippen LogP contribution is -2.48. The number of anilines is 1. The van der Waals surface area contributed by atoms with E-state index >= 15 is 0 Å². The first-order chi connectivity index (χ1) is 14.8. The standard InChI is InChI=1S/C21H25N7S2/c1-2-6-18(20-23-24-25-28(20)15-16-7-5-14-29-16)26-10-12-27(13-11-26)21-22-17-8-3-4-9-19(17)30-21/h3-5,7-9,14,18H,2,6,10-13,15H2,1H3/t18-/m1/s1. The summed E-state index contributed by atoms with van der Waals surface area (Å²) >= 11 is 3.53. The van der Waals surface area contributed by atoms with Gasteiger partial charge in [0, 0.05) is 31.1 Å². The van der Waals surface area contributed by atoms with E-state index in [0.717, 1.165) is 62.0 Å². The zero-order chi connectivity index (χ0) is 20.3. The van der Waals surface area contributed by atoms with Crippen LogP contribution < -0.4 is 4.90 Å². The fraction of sp³-hybridized carbons (Fsp3) is 0.429. The van der Waals surface area contributed by atoms with Crippen molar-refractivity contribution >= 4 is 38.0 Å². The van der Waals surface area contributed by atoms with Crippen molar-refractivity contribution in [1.82, 2.24) is 30.1 Å². The number of fused-ring (bicyclic) bond motifs is 1. The van der Waals surface area contributed by atoms with Crippen molar-refractivity contribution in [3.05, 3.63) is 52.5 Å². The fourth-order valence-electron chi connectivity index (χ4n) is 4.08. The molecule has 3 aromatic heterocycles. The molecular formula is C21H25N7S2. The van der Waals surface area contributed by atoms with Crippen molar-refractivity contribution in [2.45, 2.75) is 32.4 Å². The summed E-state index contributed by atoms with van der Waals surface area (Å²) in [6.45, 7) is 6.92. The fourth-order valence-corrected chi connectivity index (χ4v) is 5.78. The largest absolute Gasteiger partial charge is 0.345 e. The van der Waals surface area contributed by atoms with Crippen LogP contribution in [-0.2, 0) is 6.54 Å². The number of tetrazole rings is 1. The summed E-state index contributed by atoms with van der Waals surface area (Å²) in [4.78, 5) is 11.1. The lowest BCUT2D eigenvalue weighted by Gasteiger charge is -2.38. The molecule has 1 aliphatic heterocycles. The molecule has 0 amide bonds. The maximum Gasteiger partial charge on any atom is 0.186 e. The van der Waals surface area contributed by atoms with Gasteiger partial charge in [-0.3, -0.25) is 4.90 Å². The Labute approximate surface area is 184 Å². The van der Waals surface area contributed by atoms with E-state index in [1.165, 1.54) is 9.58 Å². The Balaban J connectivity index is 1.30. The zero-order valence-corrected chi connectivity index (χ0v) is 18.6. The van der Waals surface area contributed by atoms with Gasteiger partial charge in [0.1, 0.15) is 0 Å². The number of nitrogens with zero attached hydrogens (tertiary/aromatic N) is 7. The molecule has 1 aliphatic rings. The predicted octanol–water partition coefficient (Wildman–Crippen LogP) is 4.06. The second-order valence-corrected chi connectivity index (χ2v) is 9.61. The van der Waals surface area contributed by atoms with Crippen LogP contribution in [0.5, 0.6) is 0 Å². The van der Waals surface area contributed by atoms with Gasteiger partial charge in [-0.1, -0.05) is 42.9 Å². The molecule has 7 nitrogen and oxygen atoms in total. The van der Waals surface area contributed by atoms with Gasteiger partial charge in [0.25, 0.3) is 0 Å². The number of hydrogen-bond acceptors (Lipinski definition) is 8. The van der Waals surface area contributed by atoms with E-state index in [9.17, 15) is 0 Å². The zero-order valence-electron chi connectivity index (χ0n) is 17.0. The highest BCUT2D eigenvalue weighted by Gasteiger charge is 2.29. The third-order valence-corrected chi connectivity index (χ3v) is 7.57. The van der Waals surface area contributed by atoms with Crippen LogP contribution in [0.1, 0.15) is 36.5 Å². The summed E-state index contributed by atoms with van der Waals surface area (Å²) in [7, 11) is 0. The average Bonchev–Trinajstić information content (AvgIpc) is 3.53. The normalized spacial score (nSPS) is 16.4. The van der Waals surface area contributed by atoms with Crippen LogP contribution in [0.4, 0.5) is 5.13 Å². The van der Waals surface area contributed by atoms with Gasteiger partial charge < -0.3 is 4.90 Å². The van der Waals surface area contributed by atoms with Gasteiger partial charge in [-0.05, 0) is 40.4 Å². The predicted molar refractivity (Wildman–Crippen MR) is 122 cm³/mol. The van der Waals surface area contributed by atoms with Gasteiger partial charge in [0.15, 0.2) is 11.0 Å². The van der Waals surface area contributed by atoms with Crippen LogP contribution in [0.2, 0.25) is 0 Å². The Morgan fingerprint density at radius 2 is 1.93 bits per heavy atom. The summed E-state index contributed by atoms with van der Waals surface area (Å²) < 4.78 is 3.23. The Morgan fingerprint density at radius 1 is 1.07 bits per heavy atom. The van der Waals surface area contributed by atoms with Gasteiger partial charge in [0.2, 0.25) is 0 Å². The van der Waals surface area contributed by atoms with Gasteiger partial charge >= 0.3 is 0 Å². The molecule has 30 heavy (non-hydrogen) atoms. The lowest BCUT2D eigenvalue weighted by molar-refractivity contribution is 0.164. The van der Waals surface area contributed by atoms with E-state index in [2.05, 4.69) is 74.0 Å². The van der Waals surface area contributed by atoms with E-state index in [1.807, 2.05) is 4.68 Å². The van der Waals surface area contributed by atoms with E-state index < -0.39 is 0 Å². The molecule has 0 spiro atoms. The van der Waals surface area contributed by atoms with Crippen molar-refractivity contribution < 1.29 is 0 Å². The maximum atomic E-state index is 4.84. The minimum absolute atomic E-state index is 0.252. The summed E-state index contributed by atoms with van der Waals surface area (Å²) in [5.74, 6) is 0.985. The van der Waals surface area contributed by atoms with Crippen LogP contribution in [0.15, 0.2) is 41.8 Å². The molecule has 0 bridgehead atoms. The molecule has 1 aromatic carbocycles. The molecule has 4 heterocycles. The first-order valence-corrected chi connectivity index (χ1v) is 12.1. The summed E-state index contributed by atoms with van der Waals surface area (Å²) in [6.07, 6.45) is 2.17. The first kappa shape index (κ1) is 19.6. The van der Waals surface area contributed by atoms with E-state index in [4.69, 9.17) is 4.98 Å². The van der Waals surface area contributed by atoms with Gasteiger partial charge in [0.05, 0.1) is 22.8 Å². The SMILES string of the molecule is CCC[C@H](c1nnnn1Cc1cccs1)N1CCN(c2nc3ccccc3s2)CC1. The molecule has 0 unspecified atom stereocenters. The number of hydrogen-bond donors (Lipinski definition) is 0. The third kappa shape index (κ3) is 3.97. The minimum Gasteiger partial charge on any atom is -0.345 e. The highest BCUT2D eigenvalue weighted by Crippen LogP contribution is 2.31. The summed E-state index contributed by atoms with van der Waals surface area (Å²) in [5.41, 5.74) is 1.09. The number of para-hydroxylation sites is 1. The van der Waals surface area contributed by atoms with Crippen molar-refractivity contribution in [2.75, 3.05) is 31.1 Å². The summed E-state index contributed by atoms with van der Waals surface area (Å²) in [5, 5.41) is 16.0. The minimum atomic E-state index is 0.252. The molecule has 9 heteroatoms. The molecule has 1 saturated heterocycles. The quantitative estimate of drug-likeness (QED) is 0.433. The molecule has 0 N–H and O–H groups in total. The van der Waals surface area contributed by atoms with Crippen molar-refractivity contribution in [2.24, 2.45) is 0 Å². The molecule has 156 valence electrons. The van der Waals surface area contributed by atoms with E-state index in [-0.39, 0.29) is 6.04 Å². The third-order valence-electron chi connectivity index (χ3n) is 5.61. The molecule has 0 saturated carbocycles. The monoisotopic (exact) mass is 439 g/mol. The number of piperazine rings is 1. The number of thiophene rings is 1. The molecule has 1 fully saturated rings. The first-order valence-electron chi connectivity index (χ1n) is 10.4. The number of thiazole rings is 1.